The van der Waals surface area contributed by atoms with E-state index in [2.05, 4.69) is 22.0 Å². The Morgan fingerprint density at radius 3 is 2.59 bits per heavy atom. The summed E-state index contributed by atoms with van der Waals surface area (Å²) in [5.41, 5.74) is 3.15. The van der Waals surface area contributed by atoms with Crippen molar-refractivity contribution in [1.82, 2.24) is 4.90 Å². The number of carbonyl (C=O) groups is 1. The Morgan fingerprint density at radius 2 is 1.89 bits per heavy atom. The van der Waals surface area contributed by atoms with Crippen LogP contribution in [-0.4, -0.2) is 50.1 Å². The molecule has 0 unspecified atom stereocenters. The molecule has 1 aliphatic rings. The normalized spacial score (nSPS) is 16.1. The van der Waals surface area contributed by atoms with Crippen LogP contribution < -0.4 is 15.0 Å². The van der Waals surface area contributed by atoms with Gasteiger partial charge in [0, 0.05) is 48.6 Å². The number of hydrogen-bond acceptors (Lipinski definition) is 4. The molecule has 1 aliphatic heterocycles. The largest absolute Gasteiger partial charge is 0.497 e. The number of aryl methyl sites for hydroxylation is 1. The fraction of sp³-hybridized carbons (Fsp3) is 0.381. The number of nitrogens with zero attached hydrogens (tertiary/aromatic N) is 2. The molecule has 6 heteroatoms. The number of halogens is 1. The van der Waals surface area contributed by atoms with Gasteiger partial charge in [-0.25, -0.2) is 0 Å². The lowest BCUT2D eigenvalue weighted by Crippen LogP contribution is -2.53. The minimum atomic E-state index is -0.196. The van der Waals surface area contributed by atoms with Gasteiger partial charge in [0.2, 0.25) is 5.91 Å². The molecule has 0 aliphatic carbocycles. The first-order valence-corrected chi connectivity index (χ1v) is 9.56. The number of amides is 1. The van der Waals surface area contributed by atoms with Crippen molar-refractivity contribution in [2.75, 3.05) is 43.5 Å². The van der Waals surface area contributed by atoms with E-state index in [0.717, 1.165) is 42.6 Å². The minimum absolute atomic E-state index is 0.00404. The maximum Gasteiger partial charge on any atom is 0.241 e. The topological polar surface area (TPSA) is 44.8 Å². The molecule has 0 bridgehead atoms. The first-order chi connectivity index (χ1) is 13.0. The van der Waals surface area contributed by atoms with Crippen molar-refractivity contribution in [3.05, 3.63) is 53.1 Å². The van der Waals surface area contributed by atoms with Crippen LogP contribution >= 0.6 is 11.6 Å². The van der Waals surface area contributed by atoms with E-state index in [-0.39, 0.29) is 11.9 Å². The highest BCUT2D eigenvalue weighted by Gasteiger charge is 2.26. The number of nitrogens with one attached hydrogen (secondary N) is 1. The molecule has 0 aromatic heterocycles. The summed E-state index contributed by atoms with van der Waals surface area (Å²) in [4.78, 5) is 17.2. The molecule has 1 atom stereocenters. The standard InChI is InChI=1S/C21H26ClN3O2/c1-15-7-8-17(22)13-20(15)25-11-9-24(10-12-25)16(2)21(26)23-18-5-4-6-19(14-18)27-3/h4-8,13-14,16H,9-12H2,1-3H3,(H,23,26)/t16-/m0/s1. The average molecular weight is 388 g/mol. The highest BCUT2D eigenvalue weighted by Crippen LogP contribution is 2.26. The number of methoxy groups -OCH3 is 1. The van der Waals surface area contributed by atoms with E-state index in [1.807, 2.05) is 49.4 Å². The Hall–Kier alpha value is -2.24. The summed E-state index contributed by atoms with van der Waals surface area (Å²) < 4.78 is 5.21. The molecule has 2 aromatic rings. The van der Waals surface area contributed by atoms with Gasteiger partial charge in [-0.1, -0.05) is 23.7 Å². The van der Waals surface area contributed by atoms with Crippen molar-refractivity contribution >= 4 is 28.9 Å². The first-order valence-electron chi connectivity index (χ1n) is 9.18. The number of piperazine rings is 1. The number of carbonyl (C=O) groups excluding carboxylic acids is 1. The fourth-order valence-corrected chi connectivity index (χ4v) is 3.55. The van der Waals surface area contributed by atoms with Crippen molar-refractivity contribution in [3.63, 3.8) is 0 Å². The maximum atomic E-state index is 12.6. The number of rotatable bonds is 5. The van der Waals surface area contributed by atoms with Gasteiger partial charge in [0.25, 0.3) is 0 Å². The summed E-state index contributed by atoms with van der Waals surface area (Å²) in [6, 6.07) is 13.2. The van der Waals surface area contributed by atoms with E-state index in [1.54, 1.807) is 7.11 Å². The van der Waals surface area contributed by atoms with Crippen LogP contribution in [-0.2, 0) is 4.79 Å². The smallest absolute Gasteiger partial charge is 0.241 e. The molecule has 0 saturated carbocycles. The number of ether oxygens (including phenoxy) is 1. The van der Waals surface area contributed by atoms with Crippen LogP contribution in [0.2, 0.25) is 5.02 Å². The molecule has 1 saturated heterocycles. The Bertz CT molecular complexity index is 804. The molecule has 1 N–H and O–H groups in total. The quantitative estimate of drug-likeness (QED) is 0.847. The monoisotopic (exact) mass is 387 g/mol. The van der Waals surface area contributed by atoms with Gasteiger partial charge in [-0.2, -0.15) is 0 Å². The molecule has 3 rings (SSSR count). The zero-order valence-corrected chi connectivity index (χ0v) is 16.8. The Kier molecular flexibility index (Phi) is 6.24. The fourth-order valence-electron chi connectivity index (χ4n) is 3.39. The number of hydrogen-bond donors (Lipinski definition) is 1. The highest BCUT2D eigenvalue weighted by atomic mass is 35.5. The summed E-state index contributed by atoms with van der Waals surface area (Å²) in [7, 11) is 1.62. The van der Waals surface area contributed by atoms with E-state index in [9.17, 15) is 4.79 Å². The second kappa shape index (κ2) is 8.63. The van der Waals surface area contributed by atoms with E-state index in [4.69, 9.17) is 16.3 Å². The molecule has 0 spiro atoms. The van der Waals surface area contributed by atoms with E-state index < -0.39 is 0 Å². The van der Waals surface area contributed by atoms with Crippen LogP contribution in [0.3, 0.4) is 0 Å². The highest BCUT2D eigenvalue weighted by molar-refractivity contribution is 6.30. The van der Waals surface area contributed by atoms with Crippen LogP contribution in [0.15, 0.2) is 42.5 Å². The van der Waals surface area contributed by atoms with Crippen molar-refractivity contribution in [3.8, 4) is 5.75 Å². The van der Waals surface area contributed by atoms with Crippen molar-refractivity contribution in [2.45, 2.75) is 19.9 Å². The molecule has 2 aromatic carbocycles. The van der Waals surface area contributed by atoms with Crippen molar-refractivity contribution in [1.29, 1.82) is 0 Å². The lowest BCUT2D eigenvalue weighted by atomic mass is 10.1. The summed E-state index contributed by atoms with van der Waals surface area (Å²) in [6.45, 7) is 7.46. The Morgan fingerprint density at radius 1 is 1.15 bits per heavy atom. The van der Waals surface area contributed by atoms with Crippen LogP contribution in [0, 0.1) is 6.92 Å². The zero-order valence-electron chi connectivity index (χ0n) is 16.0. The zero-order chi connectivity index (χ0) is 19.4. The van der Waals surface area contributed by atoms with Gasteiger partial charge < -0.3 is 15.0 Å². The van der Waals surface area contributed by atoms with Crippen LogP contribution in [0.5, 0.6) is 5.75 Å². The molecular weight excluding hydrogens is 362 g/mol. The molecule has 27 heavy (non-hydrogen) atoms. The molecule has 0 radical (unpaired) electrons. The maximum absolute atomic E-state index is 12.6. The SMILES string of the molecule is COc1cccc(NC(=O)[C@H](C)N2CCN(c3cc(Cl)ccc3C)CC2)c1. The second-order valence-corrected chi connectivity index (χ2v) is 7.29. The van der Waals surface area contributed by atoms with Crippen LogP contribution in [0.4, 0.5) is 11.4 Å². The number of benzene rings is 2. The molecular formula is C21H26ClN3O2. The van der Waals surface area contributed by atoms with Crippen LogP contribution in [0.1, 0.15) is 12.5 Å². The molecule has 5 nitrogen and oxygen atoms in total. The lowest BCUT2D eigenvalue weighted by Gasteiger charge is -2.39. The third-order valence-electron chi connectivity index (χ3n) is 5.09. The Balaban J connectivity index is 1.58. The van der Waals surface area contributed by atoms with Gasteiger partial charge >= 0.3 is 0 Å². The third-order valence-corrected chi connectivity index (χ3v) is 5.33. The van der Waals surface area contributed by atoms with E-state index in [0.29, 0.717) is 0 Å². The second-order valence-electron chi connectivity index (χ2n) is 6.85. The van der Waals surface area contributed by atoms with Crippen LogP contribution in [0.25, 0.3) is 0 Å². The third kappa shape index (κ3) is 4.73. The number of anilines is 2. The Labute approximate surface area is 165 Å². The van der Waals surface area contributed by atoms with Gasteiger partial charge in [-0.3, -0.25) is 9.69 Å². The lowest BCUT2D eigenvalue weighted by molar-refractivity contribution is -0.120. The predicted octanol–water partition coefficient (Wildman–Crippen LogP) is 3.81. The van der Waals surface area contributed by atoms with Gasteiger partial charge in [0.15, 0.2) is 0 Å². The summed E-state index contributed by atoms with van der Waals surface area (Å²) in [6.07, 6.45) is 0. The summed E-state index contributed by atoms with van der Waals surface area (Å²) in [5.74, 6) is 0.724. The van der Waals surface area contributed by atoms with Gasteiger partial charge in [-0.05, 0) is 43.7 Å². The molecule has 1 fully saturated rings. The molecule has 1 heterocycles. The minimum Gasteiger partial charge on any atom is -0.497 e. The van der Waals surface area contributed by atoms with Crippen molar-refractivity contribution < 1.29 is 9.53 Å². The first kappa shape index (κ1) is 19.5. The molecule has 1 amide bonds. The van der Waals surface area contributed by atoms with E-state index in [1.165, 1.54) is 11.3 Å². The van der Waals surface area contributed by atoms with Gasteiger partial charge in [0.1, 0.15) is 5.75 Å². The van der Waals surface area contributed by atoms with Gasteiger partial charge in [-0.15, -0.1) is 0 Å². The average Bonchev–Trinajstić information content (AvgIpc) is 2.69. The van der Waals surface area contributed by atoms with E-state index >= 15 is 0 Å². The summed E-state index contributed by atoms with van der Waals surface area (Å²) >= 11 is 6.16. The predicted molar refractivity (Wildman–Crippen MR) is 111 cm³/mol. The van der Waals surface area contributed by atoms with Crippen molar-refractivity contribution in [2.24, 2.45) is 0 Å². The summed E-state index contributed by atoms with van der Waals surface area (Å²) in [5, 5.41) is 3.74. The van der Waals surface area contributed by atoms with Gasteiger partial charge in [0.05, 0.1) is 13.2 Å². The molecule has 144 valence electrons.